The van der Waals surface area contributed by atoms with Crippen LogP contribution in [0.2, 0.25) is 0 Å². The van der Waals surface area contributed by atoms with Crippen LogP contribution in [-0.2, 0) is 6.42 Å². The summed E-state index contributed by atoms with van der Waals surface area (Å²) in [5, 5.41) is 0. The molecule has 0 aliphatic rings. The number of allylic oxidation sites excluding steroid dienone is 1. The Hall–Kier alpha value is -2.94. The number of hydrogen-bond donors (Lipinski definition) is 0. The van der Waals surface area contributed by atoms with Gasteiger partial charge in [-0.15, -0.1) is 6.58 Å². The van der Waals surface area contributed by atoms with Crippen molar-refractivity contribution in [3.8, 4) is 28.0 Å². The minimum absolute atomic E-state index is 0.282. The van der Waals surface area contributed by atoms with E-state index in [0.29, 0.717) is 24.2 Å². The SMILES string of the molecule is C=CCc1ccc(-c2ccc(F)cc2)c(-c2ccc(OCC)cc2)c1F. The van der Waals surface area contributed by atoms with Crippen LogP contribution in [0.15, 0.2) is 73.3 Å². The molecule has 0 atom stereocenters. The van der Waals surface area contributed by atoms with Crippen molar-refractivity contribution in [2.75, 3.05) is 6.61 Å². The highest BCUT2D eigenvalue weighted by Gasteiger charge is 2.16. The van der Waals surface area contributed by atoms with E-state index >= 15 is 4.39 Å². The fourth-order valence-electron chi connectivity index (χ4n) is 2.97. The number of benzene rings is 3. The van der Waals surface area contributed by atoms with Crippen LogP contribution in [0.3, 0.4) is 0 Å². The van der Waals surface area contributed by atoms with Gasteiger partial charge < -0.3 is 4.74 Å². The Bertz CT molecular complexity index is 897. The van der Waals surface area contributed by atoms with Gasteiger partial charge in [0.1, 0.15) is 17.4 Å². The van der Waals surface area contributed by atoms with Gasteiger partial charge in [0.05, 0.1) is 6.61 Å². The molecule has 3 aromatic carbocycles. The third-order valence-corrected chi connectivity index (χ3v) is 4.20. The van der Waals surface area contributed by atoms with Crippen LogP contribution in [0.4, 0.5) is 8.78 Å². The molecule has 0 spiro atoms. The van der Waals surface area contributed by atoms with Crippen molar-refractivity contribution in [2.24, 2.45) is 0 Å². The first-order valence-electron chi connectivity index (χ1n) is 8.55. The van der Waals surface area contributed by atoms with E-state index in [0.717, 1.165) is 22.4 Å². The normalized spacial score (nSPS) is 10.6. The highest BCUT2D eigenvalue weighted by molar-refractivity contribution is 5.84. The lowest BCUT2D eigenvalue weighted by Gasteiger charge is -2.15. The fraction of sp³-hybridized carbons (Fsp3) is 0.130. The predicted octanol–water partition coefficient (Wildman–Crippen LogP) is 6.43. The van der Waals surface area contributed by atoms with E-state index in [1.165, 1.54) is 12.1 Å². The van der Waals surface area contributed by atoms with Crippen molar-refractivity contribution >= 4 is 0 Å². The maximum atomic E-state index is 15.3. The molecule has 132 valence electrons. The summed E-state index contributed by atoms with van der Waals surface area (Å²) < 4.78 is 34.0. The molecule has 0 radical (unpaired) electrons. The summed E-state index contributed by atoms with van der Waals surface area (Å²) in [4.78, 5) is 0. The zero-order chi connectivity index (χ0) is 18.5. The molecule has 0 unspecified atom stereocenters. The molecular formula is C23H20F2O. The van der Waals surface area contributed by atoms with Gasteiger partial charge in [-0.25, -0.2) is 8.78 Å². The van der Waals surface area contributed by atoms with Crippen molar-refractivity contribution in [1.82, 2.24) is 0 Å². The summed E-state index contributed by atoms with van der Waals surface area (Å²) in [5.41, 5.74) is 3.31. The molecule has 1 nitrogen and oxygen atoms in total. The zero-order valence-electron chi connectivity index (χ0n) is 14.6. The topological polar surface area (TPSA) is 9.23 Å². The number of ether oxygens (including phenoxy) is 1. The number of rotatable bonds is 6. The Morgan fingerprint density at radius 3 is 2.15 bits per heavy atom. The monoisotopic (exact) mass is 350 g/mol. The van der Waals surface area contributed by atoms with Gasteiger partial charge in [0.15, 0.2) is 0 Å². The Morgan fingerprint density at radius 2 is 1.54 bits per heavy atom. The molecular weight excluding hydrogens is 330 g/mol. The van der Waals surface area contributed by atoms with E-state index in [1.54, 1.807) is 24.3 Å². The lowest BCUT2D eigenvalue weighted by atomic mass is 9.91. The van der Waals surface area contributed by atoms with Gasteiger partial charge in [-0.3, -0.25) is 0 Å². The van der Waals surface area contributed by atoms with Gasteiger partial charge in [0.25, 0.3) is 0 Å². The molecule has 0 aliphatic heterocycles. The predicted molar refractivity (Wildman–Crippen MR) is 102 cm³/mol. The van der Waals surface area contributed by atoms with Gasteiger partial charge in [-0.1, -0.05) is 42.5 Å². The highest BCUT2D eigenvalue weighted by atomic mass is 19.1. The quantitative estimate of drug-likeness (QED) is 0.466. The molecule has 3 aromatic rings. The van der Waals surface area contributed by atoms with Gasteiger partial charge in [0.2, 0.25) is 0 Å². The molecule has 26 heavy (non-hydrogen) atoms. The molecule has 3 heteroatoms. The lowest BCUT2D eigenvalue weighted by molar-refractivity contribution is 0.340. The summed E-state index contributed by atoms with van der Waals surface area (Å²) in [6.45, 7) is 6.19. The first-order chi connectivity index (χ1) is 12.6. The second-order valence-corrected chi connectivity index (χ2v) is 5.92. The van der Waals surface area contributed by atoms with E-state index in [2.05, 4.69) is 6.58 Å². The van der Waals surface area contributed by atoms with Crippen LogP contribution >= 0.6 is 0 Å². The molecule has 3 rings (SSSR count). The molecule has 0 amide bonds. The average molecular weight is 350 g/mol. The van der Waals surface area contributed by atoms with E-state index in [4.69, 9.17) is 4.74 Å². The van der Waals surface area contributed by atoms with Crippen LogP contribution in [0.1, 0.15) is 12.5 Å². The third kappa shape index (κ3) is 3.67. The van der Waals surface area contributed by atoms with E-state index < -0.39 is 0 Å². The molecule has 0 bridgehead atoms. The van der Waals surface area contributed by atoms with Crippen LogP contribution < -0.4 is 4.74 Å². The Labute approximate surface area is 152 Å². The summed E-state index contributed by atoms with van der Waals surface area (Å²) >= 11 is 0. The average Bonchev–Trinajstić information content (AvgIpc) is 2.65. The molecule has 0 fully saturated rings. The summed E-state index contributed by atoms with van der Waals surface area (Å²) in [7, 11) is 0. The maximum absolute atomic E-state index is 15.3. The van der Waals surface area contributed by atoms with Crippen molar-refractivity contribution < 1.29 is 13.5 Å². The maximum Gasteiger partial charge on any atom is 0.135 e. The minimum Gasteiger partial charge on any atom is -0.494 e. The Balaban J connectivity index is 2.17. The molecule has 0 N–H and O–H groups in total. The van der Waals surface area contributed by atoms with Crippen LogP contribution in [-0.4, -0.2) is 6.61 Å². The Kier molecular flexibility index (Phi) is 5.47. The molecule has 0 saturated heterocycles. The summed E-state index contributed by atoms with van der Waals surface area (Å²) in [6.07, 6.45) is 2.12. The summed E-state index contributed by atoms with van der Waals surface area (Å²) in [5.74, 6) is 0.137. The fourth-order valence-corrected chi connectivity index (χ4v) is 2.97. The second-order valence-electron chi connectivity index (χ2n) is 5.92. The van der Waals surface area contributed by atoms with E-state index in [-0.39, 0.29) is 11.6 Å². The van der Waals surface area contributed by atoms with Crippen LogP contribution in [0.5, 0.6) is 5.75 Å². The number of hydrogen-bond acceptors (Lipinski definition) is 1. The summed E-state index contributed by atoms with van der Waals surface area (Å²) in [6, 6.07) is 17.1. The third-order valence-electron chi connectivity index (χ3n) is 4.20. The smallest absolute Gasteiger partial charge is 0.135 e. The standard InChI is InChI=1S/C23H20F2O/c1-3-5-18-10-15-21(16-6-11-19(24)12-7-16)22(23(18)25)17-8-13-20(14-9-17)26-4-2/h3,6-15H,1,4-5H2,2H3. The van der Waals surface area contributed by atoms with Gasteiger partial charge in [-0.2, -0.15) is 0 Å². The number of halogens is 2. The first-order valence-corrected chi connectivity index (χ1v) is 8.55. The van der Waals surface area contributed by atoms with E-state index in [9.17, 15) is 4.39 Å². The molecule has 0 heterocycles. The van der Waals surface area contributed by atoms with Gasteiger partial charge in [0, 0.05) is 5.56 Å². The molecule has 0 aromatic heterocycles. The van der Waals surface area contributed by atoms with Gasteiger partial charge in [-0.05, 0) is 59.9 Å². The minimum atomic E-state index is -0.319. The lowest BCUT2D eigenvalue weighted by Crippen LogP contribution is -1.97. The van der Waals surface area contributed by atoms with Crippen LogP contribution in [0, 0.1) is 11.6 Å². The van der Waals surface area contributed by atoms with Crippen molar-refractivity contribution in [3.63, 3.8) is 0 Å². The van der Waals surface area contributed by atoms with Crippen LogP contribution in [0.25, 0.3) is 22.3 Å². The first kappa shape index (κ1) is 17.9. The molecule has 0 aliphatic carbocycles. The van der Waals surface area contributed by atoms with Crippen molar-refractivity contribution in [1.29, 1.82) is 0 Å². The van der Waals surface area contributed by atoms with Crippen molar-refractivity contribution in [3.05, 3.63) is 90.5 Å². The Morgan fingerprint density at radius 1 is 0.885 bits per heavy atom. The zero-order valence-corrected chi connectivity index (χ0v) is 14.6. The highest BCUT2D eigenvalue weighted by Crippen LogP contribution is 2.36. The van der Waals surface area contributed by atoms with Gasteiger partial charge >= 0.3 is 0 Å². The van der Waals surface area contributed by atoms with E-state index in [1.807, 2.05) is 37.3 Å². The molecule has 0 saturated carbocycles. The largest absolute Gasteiger partial charge is 0.494 e. The van der Waals surface area contributed by atoms with Crippen molar-refractivity contribution in [2.45, 2.75) is 13.3 Å². The second kappa shape index (κ2) is 7.96.